The molecular formula is C29H32N6O2. The third-order valence-electron chi connectivity index (χ3n) is 7.26. The summed E-state index contributed by atoms with van der Waals surface area (Å²) in [6, 6.07) is 22.0. The number of para-hydroxylation sites is 1. The molecule has 0 radical (unpaired) electrons. The fourth-order valence-electron chi connectivity index (χ4n) is 5.13. The van der Waals surface area contributed by atoms with Gasteiger partial charge < -0.3 is 9.80 Å². The minimum atomic E-state index is 0.00311. The van der Waals surface area contributed by atoms with E-state index in [1.165, 1.54) is 5.56 Å². The fourth-order valence-corrected chi connectivity index (χ4v) is 5.13. The number of likely N-dealkylation sites (N-methyl/N-ethyl adjacent to an activating group) is 1. The largest absolute Gasteiger partial charge is 0.341 e. The molecule has 0 unspecified atom stereocenters. The minimum Gasteiger partial charge on any atom is -0.341 e. The van der Waals surface area contributed by atoms with Crippen LogP contribution in [0.4, 0.5) is 0 Å². The maximum Gasteiger partial charge on any atom is 0.257 e. The average molecular weight is 497 g/mol. The molecule has 1 saturated heterocycles. The van der Waals surface area contributed by atoms with E-state index >= 15 is 0 Å². The van der Waals surface area contributed by atoms with Gasteiger partial charge in [0.15, 0.2) is 0 Å². The van der Waals surface area contributed by atoms with Crippen molar-refractivity contribution in [2.24, 2.45) is 5.92 Å². The van der Waals surface area contributed by atoms with Crippen molar-refractivity contribution in [3.05, 3.63) is 103 Å². The Morgan fingerprint density at radius 2 is 1.68 bits per heavy atom. The molecule has 0 aliphatic carbocycles. The minimum absolute atomic E-state index is 0.00311. The number of likely N-dealkylation sites (tertiary alicyclic amines) is 1. The van der Waals surface area contributed by atoms with Crippen LogP contribution in [0.25, 0.3) is 5.69 Å². The number of aromatic nitrogens is 4. The van der Waals surface area contributed by atoms with Crippen LogP contribution in [0.5, 0.6) is 0 Å². The molecule has 2 aromatic carbocycles. The molecule has 1 aliphatic heterocycles. The number of hydrogen-bond acceptors (Lipinski definition) is 4. The van der Waals surface area contributed by atoms with Gasteiger partial charge in [-0.15, -0.1) is 0 Å². The van der Waals surface area contributed by atoms with Gasteiger partial charge in [0.05, 0.1) is 17.4 Å². The van der Waals surface area contributed by atoms with Crippen molar-refractivity contribution in [3.8, 4) is 5.69 Å². The topological polar surface area (TPSA) is 76.3 Å². The second-order valence-electron chi connectivity index (χ2n) is 9.60. The molecule has 2 amide bonds. The first-order chi connectivity index (χ1) is 18.1. The zero-order valence-electron chi connectivity index (χ0n) is 21.1. The van der Waals surface area contributed by atoms with Crippen LogP contribution in [-0.2, 0) is 17.8 Å². The zero-order chi connectivity index (χ0) is 25.6. The Morgan fingerprint density at radius 3 is 2.35 bits per heavy atom. The predicted octanol–water partition coefficient (Wildman–Crippen LogP) is 3.69. The van der Waals surface area contributed by atoms with Gasteiger partial charge in [-0.05, 0) is 48.9 Å². The summed E-state index contributed by atoms with van der Waals surface area (Å²) in [6.45, 7) is 1.54. The molecule has 4 aromatic rings. The Morgan fingerprint density at radius 1 is 0.973 bits per heavy atom. The monoisotopic (exact) mass is 496 g/mol. The fraction of sp³-hybridized carbons (Fsp3) is 0.310. The van der Waals surface area contributed by atoms with Gasteiger partial charge in [-0.3, -0.25) is 14.3 Å². The molecule has 0 spiro atoms. The van der Waals surface area contributed by atoms with Gasteiger partial charge in [-0.2, -0.15) is 10.2 Å². The lowest BCUT2D eigenvalue weighted by molar-refractivity contribution is -0.134. The molecule has 8 heteroatoms. The predicted molar refractivity (Wildman–Crippen MR) is 141 cm³/mol. The molecule has 3 heterocycles. The maximum atomic E-state index is 13.2. The van der Waals surface area contributed by atoms with E-state index in [4.69, 9.17) is 0 Å². The van der Waals surface area contributed by atoms with E-state index in [0.29, 0.717) is 24.6 Å². The Hall–Kier alpha value is -4.20. The first-order valence-corrected chi connectivity index (χ1v) is 12.7. The number of piperidine rings is 1. The zero-order valence-corrected chi connectivity index (χ0v) is 21.1. The van der Waals surface area contributed by atoms with E-state index < -0.39 is 0 Å². The van der Waals surface area contributed by atoms with Crippen molar-refractivity contribution in [2.45, 2.75) is 31.8 Å². The van der Waals surface area contributed by atoms with E-state index in [-0.39, 0.29) is 24.4 Å². The van der Waals surface area contributed by atoms with Gasteiger partial charge in [-0.25, -0.2) is 4.68 Å². The standard InChI is InChI=1S/C29H32N6O2/c1-32(28(36)22-34-16-8-15-30-34)27(19-23-9-4-2-5-10-23)24-13-17-33(18-14-24)29(37)25-20-31-35(21-25)26-11-6-3-7-12-26/h2-12,15-16,20-21,24,27H,13-14,17-19,22H2,1H3/t27-/m0/s1. The maximum absolute atomic E-state index is 13.2. The Labute approximate surface area is 217 Å². The summed E-state index contributed by atoms with van der Waals surface area (Å²) < 4.78 is 3.39. The Bertz CT molecular complexity index is 1290. The summed E-state index contributed by atoms with van der Waals surface area (Å²) in [7, 11) is 1.90. The third-order valence-corrected chi connectivity index (χ3v) is 7.26. The van der Waals surface area contributed by atoms with Crippen molar-refractivity contribution in [1.29, 1.82) is 0 Å². The van der Waals surface area contributed by atoms with Crippen molar-refractivity contribution in [2.75, 3.05) is 20.1 Å². The van der Waals surface area contributed by atoms with Gasteiger partial charge >= 0.3 is 0 Å². The molecule has 2 aromatic heterocycles. The Kier molecular flexibility index (Phi) is 7.44. The summed E-state index contributed by atoms with van der Waals surface area (Å²) in [5.41, 5.74) is 2.72. The molecule has 1 fully saturated rings. The van der Waals surface area contributed by atoms with Gasteiger partial charge in [0.1, 0.15) is 6.54 Å². The van der Waals surface area contributed by atoms with E-state index in [2.05, 4.69) is 22.3 Å². The molecule has 5 rings (SSSR count). The molecule has 1 atom stereocenters. The van der Waals surface area contributed by atoms with Crippen molar-refractivity contribution in [1.82, 2.24) is 29.4 Å². The summed E-state index contributed by atoms with van der Waals surface area (Å²) in [6.07, 6.45) is 9.40. The molecule has 190 valence electrons. The number of hydrogen-bond donors (Lipinski definition) is 0. The molecule has 0 N–H and O–H groups in total. The molecule has 0 saturated carbocycles. The third kappa shape index (κ3) is 5.80. The normalized spacial score (nSPS) is 14.9. The smallest absolute Gasteiger partial charge is 0.257 e. The highest BCUT2D eigenvalue weighted by Gasteiger charge is 2.33. The van der Waals surface area contributed by atoms with Gasteiger partial charge in [0.2, 0.25) is 5.91 Å². The average Bonchev–Trinajstić information content (AvgIpc) is 3.65. The van der Waals surface area contributed by atoms with Crippen molar-refractivity contribution < 1.29 is 9.59 Å². The van der Waals surface area contributed by atoms with Crippen LogP contribution in [0.3, 0.4) is 0 Å². The van der Waals surface area contributed by atoms with Crippen LogP contribution in [0, 0.1) is 5.92 Å². The number of amides is 2. The van der Waals surface area contributed by atoms with Crippen LogP contribution in [0.15, 0.2) is 91.5 Å². The van der Waals surface area contributed by atoms with Crippen LogP contribution in [0.2, 0.25) is 0 Å². The van der Waals surface area contributed by atoms with Gasteiger partial charge in [0, 0.05) is 44.8 Å². The van der Waals surface area contributed by atoms with E-state index in [1.807, 2.05) is 77.6 Å². The Balaban J connectivity index is 1.25. The molecular weight excluding hydrogens is 464 g/mol. The van der Waals surface area contributed by atoms with Crippen molar-refractivity contribution >= 4 is 11.8 Å². The van der Waals surface area contributed by atoms with Gasteiger partial charge in [0.25, 0.3) is 5.91 Å². The highest BCUT2D eigenvalue weighted by Crippen LogP contribution is 2.27. The molecule has 8 nitrogen and oxygen atoms in total. The highest BCUT2D eigenvalue weighted by atomic mass is 16.2. The first kappa shape index (κ1) is 24.5. The number of benzene rings is 2. The number of carbonyl (C=O) groups is 2. The van der Waals surface area contributed by atoms with Crippen LogP contribution in [0.1, 0.15) is 28.8 Å². The van der Waals surface area contributed by atoms with Crippen LogP contribution >= 0.6 is 0 Å². The van der Waals surface area contributed by atoms with E-state index in [1.54, 1.807) is 28.0 Å². The lowest BCUT2D eigenvalue weighted by Crippen LogP contribution is -2.49. The summed E-state index contributed by atoms with van der Waals surface area (Å²) in [5, 5.41) is 8.58. The molecule has 37 heavy (non-hydrogen) atoms. The first-order valence-electron chi connectivity index (χ1n) is 12.7. The second kappa shape index (κ2) is 11.2. The number of nitrogens with zero attached hydrogens (tertiary/aromatic N) is 6. The van der Waals surface area contributed by atoms with E-state index in [9.17, 15) is 9.59 Å². The van der Waals surface area contributed by atoms with Crippen LogP contribution in [-0.4, -0.2) is 67.4 Å². The SMILES string of the molecule is CN(C(=O)Cn1cccn1)[C@@H](Cc1ccccc1)C1CCN(C(=O)c2cnn(-c3ccccc3)c2)CC1. The van der Waals surface area contributed by atoms with Gasteiger partial charge in [-0.1, -0.05) is 48.5 Å². The summed E-state index contributed by atoms with van der Waals surface area (Å²) in [4.78, 5) is 30.2. The lowest BCUT2D eigenvalue weighted by Gasteiger charge is -2.40. The molecule has 1 aliphatic rings. The second-order valence-corrected chi connectivity index (χ2v) is 9.60. The number of carbonyl (C=O) groups excluding carboxylic acids is 2. The van der Waals surface area contributed by atoms with Crippen molar-refractivity contribution in [3.63, 3.8) is 0 Å². The van der Waals surface area contributed by atoms with Crippen LogP contribution < -0.4 is 0 Å². The summed E-state index contributed by atoms with van der Waals surface area (Å²) in [5.74, 6) is 0.336. The highest BCUT2D eigenvalue weighted by molar-refractivity contribution is 5.93. The summed E-state index contributed by atoms with van der Waals surface area (Å²) >= 11 is 0. The lowest BCUT2D eigenvalue weighted by atomic mass is 9.84. The van der Waals surface area contributed by atoms with E-state index in [0.717, 1.165) is 24.9 Å². The number of rotatable bonds is 8. The quantitative estimate of drug-likeness (QED) is 0.373. The molecule has 0 bridgehead atoms.